The molecule has 2 atom stereocenters. The standard InChI is InChI=1S/C23H33NO2SSi/c1-17-13-15-20(16-14-17)27-22(26-28(6,7)23(3,4)5)21(24-18(2)25)19-11-9-8-10-12-19/h8-16,21-22H,1-7H3,(H,24,25)/t21-,22+/m1/s1. The van der Waals surface area contributed by atoms with Gasteiger partial charge in [-0.2, -0.15) is 0 Å². The molecule has 0 saturated carbocycles. The predicted octanol–water partition coefficient (Wildman–Crippen LogP) is 6.31. The van der Waals surface area contributed by atoms with Crippen LogP contribution in [0.4, 0.5) is 0 Å². The molecule has 0 heterocycles. The molecule has 0 unspecified atom stereocenters. The first-order valence-electron chi connectivity index (χ1n) is 9.73. The van der Waals surface area contributed by atoms with Crippen LogP contribution in [-0.4, -0.2) is 19.7 Å². The lowest BCUT2D eigenvalue weighted by Gasteiger charge is -2.41. The maximum absolute atomic E-state index is 12.0. The fraction of sp³-hybridized carbons (Fsp3) is 0.435. The van der Waals surface area contributed by atoms with Gasteiger partial charge in [-0.1, -0.05) is 80.6 Å². The Morgan fingerprint density at radius 3 is 2.11 bits per heavy atom. The first kappa shape index (κ1) is 22.7. The largest absolute Gasteiger partial charge is 0.402 e. The van der Waals surface area contributed by atoms with Crippen LogP contribution in [0.2, 0.25) is 18.1 Å². The van der Waals surface area contributed by atoms with Crippen molar-refractivity contribution < 1.29 is 9.22 Å². The third-order valence-electron chi connectivity index (χ3n) is 5.28. The van der Waals surface area contributed by atoms with Crippen LogP contribution in [0.15, 0.2) is 59.5 Å². The fourth-order valence-corrected chi connectivity index (χ4v) is 5.47. The number of amides is 1. The summed E-state index contributed by atoms with van der Waals surface area (Å²) in [6.07, 6.45) is 0. The zero-order valence-electron chi connectivity index (χ0n) is 18.1. The number of hydrogen-bond donors (Lipinski definition) is 1. The minimum atomic E-state index is -2.05. The topological polar surface area (TPSA) is 38.3 Å². The molecule has 0 bridgehead atoms. The van der Waals surface area contributed by atoms with Crippen molar-refractivity contribution in [3.05, 3.63) is 65.7 Å². The number of thioether (sulfide) groups is 1. The first-order chi connectivity index (χ1) is 13.0. The normalized spacial score (nSPS) is 14.4. The van der Waals surface area contributed by atoms with E-state index in [2.05, 4.69) is 82.5 Å². The molecule has 28 heavy (non-hydrogen) atoms. The number of benzene rings is 2. The maximum atomic E-state index is 12.0. The third-order valence-corrected chi connectivity index (χ3v) is 11.1. The van der Waals surface area contributed by atoms with Gasteiger partial charge in [-0.05, 0) is 42.8 Å². The number of nitrogens with one attached hydrogen (secondary N) is 1. The van der Waals surface area contributed by atoms with Crippen LogP contribution in [0.3, 0.4) is 0 Å². The summed E-state index contributed by atoms with van der Waals surface area (Å²) < 4.78 is 6.84. The van der Waals surface area contributed by atoms with Gasteiger partial charge in [0.05, 0.1) is 6.04 Å². The van der Waals surface area contributed by atoms with E-state index in [1.807, 2.05) is 18.2 Å². The fourth-order valence-electron chi connectivity index (χ4n) is 2.57. The Bertz CT molecular complexity index is 769. The molecule has 5 heteroatoms. The molecule has 3 nitrogen and oxygen atoms in total. The van der Waals surface area contributed by atoms with Crippen LogP contribution < -0.4 is 5.32 Å². The highest BCUT2D eigenvalue weighted by molar-refractivity contribution is 7.99. The Hall–Kier alpha value is -1.56. The van der Waals surface area contributed by atoms with E-state index in [0.29, 0.717) is 0 Å². The van der Waals surface area contributed by atoms with Crippen LogP contribution in [0.5, 0.6) is 0 Å². The summed E-state index contributed by atoms with van der Waals surface area (Å²) in [7, 11) is -2.05. The number of carbonyl (C=O) groups is 1. The Morgan fingerprint density at radius 2 is 1.61 bits per heavy atom. The van der Waals surface area contributed by atoms with Gasteiger partial charge in [-0.3, -0.25) is 4.79 Å². The number of aryl methyl sites for hydroxylation is 1. The lowest BCUT2D eigenvalue weighted by Crippen LogP contribution is -2.47. The minimum Gasteiger partial charge on any atom is -0.402 e. The summed E-state index contributed by atoms with van der Waals surface area (Å²) in [4.78, 5) is 13.2. The Labute approximate surface area is 175 Å². The van der Waals surface area contributed by atoms with Gasteiger partial charge in [-0.25, -0.2) is 0 Å². The molecule has 0 saturated heterocycles. The number of hydrogen-bond acceptors (Lipinski definition) is 3. The van der Waals surface area contributed by atoms with Gasteiger partial charge in [-0.15, -0.1) is 0 Å². The zero-order chi connectivity index (χ0) is 20.9. The van der Waals surface area contributed by atoms with Crippen LogP contribution in [0.25, 0.3) is 0 Å². The van der Waals surface area contributed by atoms with Gasteiger partial charge < -0.3 is 9.74 Å². The molecule has 0 aliphatic heterocycles. The van der Waals surface area contributed by atoms with E-state index < -0.39 is 8.32 Å². The minimum absolute atomic E-state index is 0.0535. The Balaban J connectivity index is 2.43. The van der Waals surface area contributed by atoms with Gasteiger partial charge in [0, 0.05) is 11.8 Å². The SMILES string of the molecule is CC(=O)N[C@H](c1ccccc1)[C@@H](O[Si](C)(C)C(C)(C)C)Sc1ccc(C)cc1. The zero-order valence-corrected chi connectivity index (χ0v) is 19.9. The molecule has 1 N–H and O–H groups in total. The molecule has 0 fully saturated rings. The Morgan fingerprint density at radius 1 is 1.04 bits per heavy atom. The molecule has 0 aliphatic carbocycles. The number of rotatable bonds is 7. The molecule has 2 aromatic rings. The van der Waals surface area contributed by atoms with Crippen molar-refractivity contribution in [1.82, 2.24) is 5.32 Å². The highest BCUT2D eigenvalue weighted by Gasteiger charge is 2.41. The van der Waals surface area contributed by atoms with Crippen LogP contribution in [0.1, 0.15) is 44.9 Å². The van der Waals surface area contributed by atoms with Crippen molar-refractivity contribution >= 4 is 26.0 Å². The maximum Gasteiger partial charge on any atom is 0.217 e. The summed E-state index contributed by atoms with van der Waals surface area (Å²) in [6, 6.07) is 18.4. The van der Waals surface area contributed by atoms with E-state index in [0.717, 1.165) is 10.5 Å². The van der Waals surface area contributed by atoms with Gasteiger partial charge in [0.15, 0.2) is 8.32 Å². The summed E-state index contributed by atoms with van der Waals surface area (Å²) in [5.74, 6) is -0.0535. The Kier molecular flexibility index (Phi) is 7.54. The smallest absolute Gasteiger partial charge is 0.217 e. The molecule has 152 valence electrons. The second-order valence-electron chi connectivity index (χ2n) is 8.77. The average Bonchev–Trinajstić information content (AvgIpc) is 2.60. The third kappa shape index (κ3) is 6.22. The molecular weight excluding hydrogens is 382 g/mol. The van der Waals surface area contributed by atoms with Crippen molar-refractivity contribution in [2.24, 2.45) is 0 Å². The molecule has 0 aliphatic rings. The van der Waals surface area contributed by atoms with Crippen molar-refractivity contribution in [1.29, 1.82) is 0 Å². The van der Waals surface area contributed by atoms with E-state index >= 15 is 0 Å². The first-order valence-corrected chi connectivity index (χ1v) is 13.5. The molecule has 0 radical (unpaired) electrons. The second-order valence-corrected chi connectivity index (χ2v) is 14.7. The molecule has 0 spiro atoms. The quantitative estimate of drug-likeness (QED) is 0.327. The monoisotopic (exact) mass is 415 g/mol. The second kappa shape index (κ2) is 9.29. The van der Waals surface area contributed by atoms with Crippen molar-refractivity contribution in [2.75, 3.05) is 0 Å². The van der Waals surface area contributed by atoms with E-state index in [-0.39, 0.29) is 22.4 Å². The van der Waals surface area contributed by atoms with E-state index in [1.54, 1.807) is 18.7 Å². The lowest BCUT2D eigenvalue weighted by atomic mass is 10.1. The summed E-state index contributed by atoms with van der Waals surface area (Å²) >= 11 is 1.68. The van der Waals surface area contributed by atoms with Gasteiger partial charge in [0.2, 0.25) is 5.91 Å². The van der Waals surface area contributed by atoms with Crippen molar-refractivity contribution in [2.45, 2.75) is 69.1 Å². The van der Waals surface area contributed by atoms with Crippen LogP contribution >= 0.6 is 11.8 Å². The number of carbonyl (C=O) groups excluding carboxylic acids is 1. The molecule has 2 aromatic carbocycles. The lowest BCUT2D eigenvalue weighted by molar-refractivity contribution is -0.120. The van der Waals surface area contributed by atoms with Crippen molar-refractivity contribution in [3.63, 3.8) is 0 Å². The summed E-state index contributed by atoms with van der Waals surface area (Å²) in [5.41, 5.74) is 2.07. The van der Waals surface area contributed by atoms with Gasteiger partial charge >= 0.3 is 0 Å². The van der Waals surface area contributed by atoms with Crippen molar-refractivity contribution in [3.8, 4) is 0 Å². The summed E-state index contributed by atoms with van der Waals surface area (Å²) in [6.45, 7) is 14.9. The average molecular weight is 416 g/mol. The summed E-state index contributed by atoms with van der Waals surface area (Å²) in [5, 5.41) is 3.22. The predicted molar refractivity (Wildman–Crippen MR) is 122 cm³/mol. The molecule has 1 amide bonds. The van der Waals surface area contributed by atoms with Gasteiger partial charge in [0.25, 0.3) is 0 Å². The van der Waals surface area contributed by atoms with Crippen LogP contribution in [-0.2, 0) is 9.22 Å². The van der Waals surface area contributed by atoms with E-state index in [4.69, 9.17) is 4.43 Å². The molecule has 0 aromatic heterocycles. The van der Waals surface area contributed by atoms with E-state index in [9.17, 15) is 4.79 Å². The van der Waals surface area contributed by atoms with Gasteiger partial charge in [0.1, 0.15) is 5.44 Å². The molecule has 2 rings (SSSR count). The van der Waals surface area contributed by atoms with E-state index in [1.165, 1.54) is 5.56 Å². The highest BCUT2D eigenvalue weighted by Crippen LogP contribution is 2.42. The molecular formula is C23H33NO2SSi. The highest BCUT2D eigenvalue weighted by atomic mass is 32.2. The van der Waals surface area contributed by atoms with Crippen LogP contribution in [0, 0.1) is 6.92 Å².